The van der Waals surface area contributed by atoms with Crippen LogP contribution in [0.25, 0.3) is 103 Å². The Morgan fingerprint density at radius 2 is 0.808 bits per heavy atom. The van der Waals surface area contributed by atoms with Gasteiger partial charge in [-0.05, 0) is 50.5 Å². The highest BCUT2D eigenvalue weighted by Crippen LogP contribution is 2.47. The molecule has 2 heterocycles. The van der Waals surface area contributed by atoms with Crippen molar-refractivity contribution in [2.24, 2.45) is 0 Å². The largest absolute Gasteiger partial charge is 0.317 e. The molecule has 0 amide bonds. The summed E-state index contributed by atoms with van der Waals surface area (Å²) in [4.78, 5) is 4.10. The van der Waals surface area contributed by atoms with E-state index in [0.717, 1.165) is 76.2 Å². The third-order valence-corrected chi connectivity index (χ3v) is 10.9. The second kappa shape index (κ2) is 10.6. The van der Waals surface area contributed by atoms with Gasteiger partial charge in [0.2, 0.25) is 5.69 Å². The number of nitrogens with zero attached hydrogens (tertiary/aromatic N) is 4. The lowest BCUT2D eigenvalue weighted by atomic mass is 9.96. The summed E-state index contributed by atoms with van der Waals surface area (Å²) < 4.78 is 4.45. The van der Waals surface area contributed by atoms with Crippen LogP contribution in [-0.4, -0.2) is 9.13 Å². The van der Waals surface area contributed by atoms with Crippen molar-refractivity contribution in [2.75, 3.05) is 0 Å². The van der Waals surface area contributed by atoms with Gasteiger partial charge < -0.3 is 9.13 Å². The molecule has 0 radical (unpaired) electrons. The van der Waals surface area contributed by atoms with Gasteiger partial charge in [0.1, 0.15) is 6.07 Å². The highest BCUT2D eigenvalue weighted by molar-refractivity contribution is 6.33. The third-order valence-electron chi connectivity index (χ3n) is 10.9. The van der Waals surface area contributed by atoms with Crippen molar-refractivity contribution in [1.29, 1.82) is 5.26 Å². The van der Waals surface area contributed by atoms with Crippen LogP contribution >= 0.6 is 0 Å². The van der Waals surface area contributed by atoms with E-state index in [-0.39, 0.29) is 0 Å². The van der Waals surface area contributed by atoms with E-state index in [0.29, 0.717) is 16.9 Å². The minimum absolute atomic E-state index is 0.427. The Labute approximate surface area is 298 Å². The van der Waals surface area contributed by atoms with E-state index in [4.69, 9.17) is 6.57 Å². The van der Waals surface area contributed by atoms with Crippen molar-refractivity contribution >= 4 is 92.4 Å². The van der Waals surface area contributed by atoms with Crippen LogP contribution < -0.4 is 0 Å². The van der Waals surface area contributed by atoms with Crippen molar-refractivity contribution < 1.29 is 0 Å². The Morgan fingerprint density at radius 3 is 1.29 bits per heavy atom. The average Bonchev–Trinajstić information content (AvgIpc) is 3.75. The van der Waals surface area contributed by atoms with Gasteiger partial charge in [0, 0.05) is 32.3 Å². The topological polar surface area (TPSA) is 38.0 Å². The minimum Gasteiger partial charge on any atom is -0.317 e. The van der Waals surface area contributed by atoms with Crippen LogP contribution in [0.5, 0.6) is 0 Å². The molecule has 0 aliphatic heterocycles. The maximum absolute atomic E-state index is 11.4. The predicted octanol–water partition coefficient (Wildman–Crippen LogP) is 12.9. The maximum atomic E-state index is 11.4. The van der Waals surface area contributed by atoms with Crippen molar-refractivity contribution in [2.45, 2.75) is 0 Å². The summed E-state index contributed by atoms with van der Waals surface area (Å²) in [6.45, 7) is 8.47. The molecule has 0 bridgehead atoms. The molecule has 0 atom stereocenters. The first-order chi connectivity index (χ1) is 25.8. The highest BCUT2D eigenvalue weighted by atomic mass is 15.0. The molecule has 0 saturated heterocycles. The van der Waals surface area contributed by atoms with E-state index in [9.17, 15) is 5.26 Å². The smallest absolute Gasteiger partial charge is 0.212 e. The normalized spacial score (nSPS) is 11.8. The number of benzene rings is 9. The Morgan fingerprint density at radius 1 is 0.423 bits per heavy atom. The highest BCUT2D eigenvalue weighted by Gasteiger charge is 2.26. The number of aromatic nitrogens is 2. The lowest BCUT2D eigenvalue weighted by molar-refractivity contribution is 1.13. The molecule has 2 aromatic heterocycles. The molecule has 0 fully saturated rings. The maximum Gasteiger partial charge on any atom is 0.212 e. The Bertz CT molecular complexity index is 3440. The molecule has 9 aromatic carbocycles. The van der Waals surface area contributed by atoms with Crippen LogP contribution in [0.4, 0.5) is 5.69 Å². The molecule has 4 nitrogen and oxygen atoms in total. The number of fused-ring (bicyclic) bond motifs is 16. The number of hydrogen-bond acceptors (Lipinski definition) is 1. The molecule has 0 spiro atoms. The van der Waals surface area contributed by atoms with Gasteiger partial charge in [0.05, 0.1) is 45.6 Å². The Hall–Kier alpha value is -7.40. The predicted molar refractivity (Wildman–Crippen MR) is 216 cm³/mol. The quantitative estimate of drug-likeness (QED) is 0.135. The molecular formula is C48H26N4. The number of nitriles is 1. The molecule has 0 saturated carbocycles. The zero-order valence-electron chi connectivity index (χ0n) is 27.8. The van der Waals surface area contributed by atoms with Crippen LogP contribution in [0.3, 0.4) is 0 Å². The number of rotatable bonds is 2. The molecule has 0 unspecified atom stereocenters. The molecule has 238 valence electrons. The molecule has 0 aliphatic carbocycles. The van der Waals surface area contributed by atoms with E-state index in [1.807, 2.05) is 18.2 Å². The lowest BCUT2D eigenvalue weighted by Crippen LogP contribution is -2.05. The van der Waals surface area contributed by atoms with Gasteiger partial charge in [-0.15, -0.1) is 0 Å². The molecule has 0 aliphatic rings. The number of para-hydroxylation sites is 2. The first kappa shape index (κ1) is 28.4. The van der Waals surface area contributed by atoms with Crippen molar-refractivity contribution in [3.8, 4) is 17.4 Å². The fraction of sp³-hybridized carbons (Fsp3) is 0. The van der Waals surface area contributed by atoms with Gasteiger partial charge >= 0.3 is 0 Å². The van der Waals surface area contributed by atoms with E-state index in [1.54, 1.807) is 0 Å². The molecule has 11 rings (SSSR count). The molecule has 0 N–H and O–H groups in total. The summed E-state index contributed by atoms with van der Waals surface area (Å²) in [6.07, 6.45) is 0. The second-order valence-electron chi connectivity index (χ2n) is 13.4. The Balaban J connectivity index is 1.38. The fourth-order valence-electron chi connectivity index (χ4n) is 8.92. The van der Waals surface area contributed by atoms with Gasteiger partial charge in [-0.3, -0.25) is 0 Å². The van der Waals surface area contributed by atoms with E-state index >= 15 is 0 Å². The third kappa shape index (κ3) is 3.58. The summed E-state index contributed by atoms with van der Waals surface area (Å²) in [5.74, 6) is 0. The van der Waals surface area contributed by atoms with Gasteiger partial charge in [-0.1, -0.05) is 140 Å². The summed E-state index contributed by atoms with van der Waals surface area (Å²) in [5.41, 5.74) is 6.22. The van der Waals surface area contributed by atoms with Gasteiger partial charge in [0.15, 0.2) is 0 Å². The standard InChI is InChI=1S/C48H26N4/c1-50-40-26-27-43(51-41-24-12-10-22-37(41)44-33-18-6-2-14-29(33)31-16-4-8-20-35(31)47(44)51)39(28-49)46(40)52-42-25-13-11-23-38(42)45-34-19-7-3-15-30(34)32-17-5-9-21-36(32)48(45)52/h2-27H. The summed E-state index contributed by atoms with van der Waals surface area (Å²) >= 11 is 0. The molecule has 52 heavy (non-hydrogen) atoms. The molecule has 4 heteroatoms. The minimum atomic E-state index is 0.427. The summed E-state index contributed by atoms with van der Waals surface area (Å²) in [6, 6.07) is 57.6. The molecular weight excluding hydrogens is 633 g/mol. The van der Waals surface area contributed by atoms with Gasteiger partial charge in [0.25, 0.3) is 0 Å². The zero-order valence-corrected chi connectivity index (χ0v) is 27.8. The van der Waals surface area contributed by atoms with E-state index < -0.39 is 0 Å². The number of hydrogen-bond donors (Lipinski definition) is 0. The van der Waals surface area contributed by atoms with Crippen LogP contribution in [0.15, 0.2) is 158 Å². The van der Waals surface area contributed by atoms with Crippen molar-refractivity contribution in [3.05, 3.63) is 175 Å². The zero-order chi connectivity index (χ0) is 34.5. The molecule has 11 aromatic rings. The van der Waals surface area contributed by atoms with Crippen LogP contribution in [0, 0.1) is 17.9 Å². The first-order valence-corrected chi connectivity index (χ1v) is 17.4. The monoisotopic (exact) mass is 658 g/mol. The average molecular weight is 659 g/mol. The lowest BCUT2D eigenvalue weighted by Gasteiger charge is -2.19. The van der Waals surface area contributed by atoms with Crippen molar-refractivity contribution in [3.63, 3.8) is 0 Å². The second-order valence-corrected chi connectivity index (χ2v) is 13.4. The van der Waals surface area contributed by atoms with Gasteiger partial charge in [-0.25, -0.2) is 4.85 Å². The van der Waals surface area contributed by atoms with Crippen molar-refractivity contribution in [1.82, 2.24) is 9.13 Å². The first-order valence-electron chi connectivity index (χ1n) is 17.4. The summed E-state index contributed by atoms with van der Waals surface area (Å²) in [5, 5.41) is 25.0. The fourth-order valence-corrected chi connectivity index (χ4v) is 8.92. The van der Waals surface area contributed by atoms with E-state index in [2.05, 4.69) is 160 Å². The van der Waals surface area contributed by atoms with Crippen LogP contribution in [0.1, 0.15) is 5.56 Å². The van der Waals surface area contributed by atoms with Crippen LogP contribution in [-0.2, 0) is 0 Å². The SMILES string of the molecule is [C-]#[N+]c1ccc(-n2c3ccccc3c3c4ccccc4c4ccccc4c32)c(C#N)c1-n1c2ccccc2c2c3ccccc3c3ccccc3c21. The van der Waals surface area contributed by atoms with E-state index in [1.165, 1.54) is 16.2 Å². The Kier molecular flexibility index (Phi) is 5.77. The summed E-state index contributed by atoms with van der Waals surface area (Å²) in [7, 11) is 0. The van der Waals surface area contributed by atoms with Crippen LogP contribution in [0.2, 0.25) is 0 Å². The van der Waals surface area contributed by atoms with Gasteiger partial charge in [-0.2, -0.15) is 5.26 Å².